The van der Waals surface area contributed by atoms with Crippen LogP contribution >= 0.6 is 11.3 Å². The van der Waals surface area contributed by atoms with Crippen LogP contribution in [0.1, 0.15) is 17.8 Å². The second-order valence-electron chi connectivity index (χ2n) is 6.31. The Balaban J connectivity index is 1.44. The van der Waals surface area contributed by atoms with Crippen LogP contribution in [-0.2, 0) is 6.54 Å². The Labute approximate surface area is 146 Å². The van der Waals surface area contributed by atoms with Gasteiger partial charge in [-0.2, -0.15) is 5.10 Å². The first-order valence-electron chi connectivity index (χ1n) is 8.37. The Morgan fingerprint density at radius 1 is 1.25 bits per heavy atom. The van der Waals surface area contributed by atoms with Crippen LogP contribution < -0.4 is 4.90 Å². The predicted molar refractivity (Wildman–Crippen MR) is 98.4 cm³/mol. The molecule has 0 saturated carbocycles. The van der Waals surface area contributed by atoms with Crippen molar-refractivity contribution in [3.63, 3.8) is 0 Å². The highest BCUT2D eigenvalue weighted by molar-refractivity contribution is 7.18. The molecule has 0 spiro atoms. The molecule has 5 nitrogen and oxygen atoms in total. The summed E-state index contributed by atoms with van der Waals surface area (Å²) in [6, 6.07) is 12.9. The number of hydrogen-bond donors (Lipinski definition) is 0. The molecule has 1 aromatic carbocycles. The first kappa shape index (κ1) is 15.5. The normalized spacial score (nSPS) is 18.4. The van der Waals surface area contributed by atoms with E-state index in [4.69, 9.17) is 4.98 Å². The van der Waals surface area contributed by atoms with Crippen molar-refractivity contribution in [2.75, 3.05) is 25.0 Å². The van der Waals surface area contributed by atoms with Crippen LogP contribution in [0.2, 0.25) is 0 Å². The van der Waals surface area contributed by atoms with Crippen molar-refractivity contribution in [3.05, 3.63) is 47.6 Å². The molecule has 6 heteroatoms. The quantitative estimate of drug-likeness (QED) is 0.730. The largest absolute Gasteiger partial charge is 0.354 e. The lowest BCUT2D eigenvalue weighted by Crippen LogP contribution is -2.46. The minimum atomic E-state index is 0.521. The molecule has 3 aromatic rings. The standard InChI is InChI=1S/C18H21N5S/c1-22(13-18-20-15-7-2-3-8-16(15)24-18)14-6-5-11-23(12-14)17-9-4-10-19-21-17/h2-4,7-10,14H,5-6,11-13H2,1H3/t14-/m1/s1. The van der Waals surface area contributed by atoms with Crippen LogP contribution in [0.5, 0.6) is 0 Å². The number of fused-ring (bicyclic) bond motifs is 1. The van der Waals surface area contributed by atoms with Crippen molar-refractivity contribution >= 4 is 27.4 Å². The molecule has 1 fully saturated rings. The van der Waals surface area contributed by atoms with E-state index in [-0.39, 0.29) is 0 Å². The Hall–Kier alpha value is -2.05. The van der Waals surface area contributed by atoms with Gasteiger partial charge >= 0.3 is 0 Å². The molecule has 0 N–H and O–H groups in total. The van der Waals surface area contributed by atoms with Gasteiger partial charge in [-0.1, -0.05) is 12.1 Å². The fourth-order valence-electron chi connectivity index (χ4n) is 3.31. The number of benzene rings is 1. The van der Waals surface area contributed by atoms with Crippen LogP contribution in [0.3, 0.4) is 0 Å². The molecule has 1 atom stereocenters. The lowest BCUT2D eigenvalue weighted by molar-refractivity contribution is 0.207. The number of piperidine rings is 1. The lowest BCUT2D eigenvalue weighted by Gasteiger charge is -2.37. The van der Waals surface area contributed by atoms with Crippen LogP contribution in [0.25, 0.3) is 10.2 Å². The van der Waals surface area contributed by atoms with Crippen molar-refractivity contribution < 1.29 is 0 Å². The second kappa shape index (κ2) is 6.83. The molecule has 1 saturated heterocycles. The van der Waals surface area contributed by atoms with E-state index in [0.29, 0.717) is 6.04 Å². The number of hydrogen-bond acceptors (Lipinski definition) is 6. The third-order valence-electron chi connectivity index (χ3n) is 4.62. The molecule has 24 heavy (non-hydrogen) atoms. The maximum atomic E-state index is 4.77. The number of para-hydroxylation sites is 1. The van der Waals surface area contributed by atoms with Crippen molar-refractivity contribution in [1.82, 2.24) is 20.1 Å². The Bertz CT molecular complexity index is 770. The highest BCUT2D eigenvalue weighted by Gasteiger charge is 2.24. The molecule has 0 unspecified atom stereocenters. The first-order chi connectivity index (χ1) is 11.8. The average molecular weight is 339 g/mol. The lowest BCUT2D eigenvalue weighted by atomic mass is 10.0. The third kappa shape index (κ3) is 3.25. The molecular formula is C18H21N5S. The first-order valence-corrected chi connectivity index (χ1v) is 9.18. The number of anilines is 1. The van der Waals surface area contributed by atoms with Gasteiger partial charge in [0, 0.05) is 25.3 Å². The average Bonchev–Trinajstić information content (AvgIpc) is 3.05. The molecule has 0 radical (unpaired) electrons. The fraction of sp³-hybridized carbons (Fsp3) is 0.389. The van der Waals surface area contributed by atoms with E-state index in [2.05, 4.69) is 51.3 Å². The van der Waals surface area contributed by atoms with E-state index in [1.165, 1.54) is 22.5 Å². The van der Waals surface area contributed by atoms with Gasteiger partial charge in [-0.25, -0.2) is 4.98 Å². The summed E-state index contributed by atoms with van der Waals surface area (Å²) in [6.07, 6.45) is 4.13. The summed E-state index contributed by atoms with van der Waals surface area (Å²) in [7, 11) is 2.21. The summed E-state index contributed by atoms with van der Waals surface area (Å²) in [5, 5.41) is 9.45. The summed E-state index contributed by atoms with van der Waals surface area (Å²) >= 11 is 1.80. The van der Waals surface area contributed by atoms with Crippen molar-refractivity contribution in [2.45, 2.75) is 25.4 Å². The maximum Gasteiger partial charge on any atom is 0.151 e. The van der Waals surface area contributed by atoms with Gasteiger partial charge in [0.2, 0.25) is 0 Å². The van der Waals surface area contributed by atoms with Crippen molar-refractivity contribution in [2.24, 2.45) is 0 Å². The summed E-state index contributed by atoms with van der Waals surface area (Å²) in [5.41, 5.74) is 1.11. The molecule has 0 amide bonds. The van der Waals surface area contributed by atoms with E-state index < -0.39 is 0 Å². The van der Waals surface area contributed by atoms with Gasteiger partial charge in [0.1, 0.15) is 5.01 Å². The molecular weight excluding hydrogens is 318 g/mol. The molecule has 0 bridgehead atoms. The third-order valence-corrected chi connectivity index (χ3v) is 5.65. The number of likely N-dealkylation sites (N-methyl/N-ethyl adjacent to an activating group) is 1. The number of nitrogens with zero attached hydrogens (tertiary/aromatic N) is 5. The number of rotatable bonds is 4. The zero-order valence-corrected chi connectivity index (χ0v) is 14.6. The maximum absolute atomic E-state index is 4.77. The monoisotopic (exact) mass is 339 g/mol. The van der Waals surface area contributed by atoms with Gasteiger partial charge in [-0.05, 0) is 44.2 Å². The summed E-state index contributed by atoms with van der Waals surface area (Å²) in [6.45, 7) is 2.96. The Morgan fingerprint density at radius 2 is 2.17 bits per heavy atom. The molecule has 2 aromatic heterocycles. The molecule has 3 heterocycles. The van der Waals surface area contributed by atoms with Gasteiger partial charge in [0.25, 0.3) is 0 Å². The zero-order chi connectivity index (χ0) is 16.4. The van der Waals surface area contributed by atoms with E-state index >= 15 is 0 Å². The minimum absolute atomic E-state index is 0.521. The van der Waals surface area contributed by atoms with Crippen LogP contribution in [0, 0.1) is 0 Å². The SMILES string of the molecule is CN(Cc1nc2ccccc2s1)[C@@H]1CCCN(c2cccnn2)C1. The topological polar surface area (TPSA) is 45.2 Å². The van der Waals surface area contributed by atoms with Crippen LogP contribution in [-0.4, -0.2) is 46.3 Å². The fourth-order valence-corrected chi connectivity index (χ4v) is 4.35. The molecule has 1 aliphatic rings. The Kier molecular flexibility index (Phi) is 4.40. The molecule has 124 valence electrons. The van der Waals surface area contributed by atoms with Gasteiger partial charge in [0.05, 0.1) is 16.8 Å². The second-order valence-corrected chi connectivity index (χ2v) is 7.43. The van der Waals surface area contributed by atoms with E-state index in [0.717, 1.165) is 31.0 Å². The summed E-state index contributed by atoms with van der Waals surface area (Å²) < 4.78 is 1.27. The van der Waals surface area contributed by atoms with E-state index in [1.54, 1.807) is 17.5 Å². The number of aromatic nitrogens is 3. The van der Waals surface area contributed by atoms with E-state index in [1.807, 2.05) is 12.1 Å². The van der Waals surface area contributed by atoms with Gasteiger partial charge < -0.3 is 4.90 Å². The van der Waals surface area contributed by atoms with Gasteiger partial charge in [-0.15, -0.1) is 16.4 Å². The molecule has 1 aliphatic heterocycles. The van der Waals surface area contributed by atoms with Crippen molar-refractivity contribution in [3.8, 4) is 0 Å². The minimum Gasteiger partial charge on any atom is -0.354 e. The van der Waals surface area contributed by atoms with E-state index in [9.17, 15) is 0 Å². The van der Waals surface area contributed by atoms with Gasteiger partial charge in [0.15, 0.2) is 5.82 Å². The number of thiazole rings is 1. The highest BCUT2D eigenvalue weighted by atomic mass is 32.1. The van der Waals surface area contributed by atoms with Crippen LogP contribution in [0.4, 0.5) is 5.82 Å². The summed E-state index contributed by atoms with van der Waals surface area (Å²) in [4.78, 5) is 9.54. The predicted octanol–water partition coefficient (Wildman–Crippen LogP) is 3.19. The molecule has 4 rings (SSSR count). The summed E-state index contributed by atoms with van der Waals surface area (Å²) in [5.74, 6) is 0.982. The molecule has 0 aliphatic carbocycles. The highest BCUT2D eigenvalue weighted by Crippen LogP contribution is 2.25. The smallest absolute Gasteiger partial charge is 0.151 e. The van der Waals surface area contributed by atoms with Crippen molar-refractivity contribution in [1.29, 1.82) is 0 Å². The van der Waals surface area contributed by atoms with Gasteiger partial charge in [-0.3, -0.25) is 4.90 Å². The van der Waals surface area contributed by atoms with Crippen LogP contribution in [0.15, 0.2) is 42.6 Å². The Morgan fingerprint density at radius 3 is 3.00 bits per heavy atom. The zero-order valence-electron chi connectivity index (χ0n) is 13.8.